The first-order valence-electron chi connectivity index (χ1n) is 5.62. The van der Waals surface area contributed by atoms with Crippen LogP contribution in [-0.4, -0.2) is 27.8 Å². The van der Waals surface area contributed by atoms with Gasteiger partial charge in [0, 0.05) is 18.8 Å². The fourth-order valence-corrected chi connectivity index (χ4v) is 1.40. The second-order valence-electron chi connectivity index (χ2n) is 3.62. The predicted octanol–water partition coefficient (Wildman–Crippen LogP) is 1.69. The lowest BCUT2D eigenvalue weighted by atomic mass is 10.1. The van der Waals surface area contributed by atoms with Crippen molar-refractivity contribution in [1.29, 1.82) is 5.39 Å². The molecule has 1 heterocycles. The lowest BCUT2D eigenvalue weighted by molar-refractivity contribution is -0.138. The quantitative estimate of drug-likeness (QED) is 0.362. The number of carbonyl (C=O) groups excluding carboxylic acids is 1. The molecule has 7 heteroatoms. The normalized spacial score (nSPS) is 13.1. The molecule has 0 saturated heterocycles. The SMILES string of the molecule is CCOC(=O)/C([N+]#N)=C(\O)CC(O)c1ccncc1. The number of aliphatic hydroxyl groups is 2. The van der Waals surface area contributed by atoms with Crippen LogP contribution in [0, 0.1) is 5.39 Å². The molecular weight excluding hydrogens is 250 g/mol. The summed E-state index contributed by atoms with van der Waals surface area (Å²) in [7, 11) is 0. The summed E-state index contributed by atoms with van der Waals surface area (Å²) < 4.78 is 4.60. The summed E-state index contributed by atoms with van der Waals surface area (Å²) in [5.41, 5.74) is -0.0994. The Morgan fingerprint density at radius 3 is 2.68 bits per heavy atom. The molecule has 0 spiro atoms. The molecule has 0 amide bonds. The number of hydrogen-bond acceptors (Lipinski definition) is 6. The van der Waals surface area contributed by atoms with Gasteiger partial charge in [0.25, 0.3) is 0 Å². The van der Waals surface area contributed by atoms with Crippen molar-refractivity contribution >= 4 is 5.97 Å². The summed E-state index contributed by atoms with van der Waals surface area (Å²) in [5, 5.41) is 28.2. The monoisotopic (exact) mass is 264 g/mol. The van der Waals surface area contributed by atoms with Gasteiger partial charge in [-0.25, -0.2) is 4.79 Å². The molecule has 1 aromatic rings. The number of carbonyl (C=O) groups is 1. The molecule has 1 unspecified atom stereocenters. The Labute approximate surface area is 109 Å². The topological polar surface area (TPSA) is 108 Å². The molecule has 7 nitrogen and oxygen atoms in total. The first kappa shape index (κ1) is 14.6. The molecule has 1 aromatic heterocycles. The highest BCUT2D eigenvalue weighted by atomic mass is 16.5. The highest BCUT2D eigenvalue weighted by molar-refractivity contribution is 5.90. The summed E-state index contributed by atoms with van der Waals surface area (Å²) in [6.07, 6.45) is 1.65. The summed E-state index contributed by atoms with van der Waals surface area (Å²) in [6, 6.07) is 3.14. The lowest BCUT2D eigenvalue weighted by Crippen LogP contribution is -2.09. The van der Waals surface area contributed by atoms with Crippen molar-refractivity contribution in [3.05, 3.63) is 46.5 Å². The van der Waals surface area contributed by atoms with Gasteiger partial charge in [0.2, 0.25) is 5.39 Å². The standard InChI is InChI=1S/C12H13N3O4/c1-2-19-12(18)11(15-13)10(17)7-9(16)8-3-5-14-6-4-8/h3-6,9,16H,2,7H2,1H3/p+1. The van der Waals surface area contributed by atoms with Gasteiger partial charge < -0.3 is 14.9 Å². The number of aliphatic hydroxyl groups excluding tert-OH is 2. The van der Waals surface area contributed by atoms with Crippen LogP contribution in [0.3, 0.4) is 0 Å². The molecule has 1 atom stereocenters. The van der Waals surface area contributed by atoms with Crippen LogP contribution in [0.4, 0.5) is 0 Å². The number of nitrogens with zero attached hydrogens (tertiary/aromatic N) is 3. The molecule has 0 fully saturated rings. The van der Waals surface area contributed by atoms with Gasteiger partial charge in [-0.3, -0.25) is 4.98 Å². The van der Waals surface area contributed by atoms with E-state index in [1.165, 1.54) is 12.4 Å². The zero-order valence-electron chi connectivity index (χ0n) is 10.4. The maximum atomic E-state index is 11.3. The number of ether oxygens (including phenoxy) is 1. The first-order chi connectivity index (χ1) is 9.10. The average Bonchev–Trinajstić information content (AvgIpc) is 2.40. The molecule has 2 N–H and O–H groups in total. The Bertz CT molecular complexity index is 507. The van der Waals surface area contributed by atoms with E-state index >= 15 is 0 Å². The second kappa shape index (κ2) is 7.08. The number of diazo groups is 1. The van der Waals surface area contributed by atoms with Crippen LogP contribution < -0.4 is 0 Å². The Morgan fingerprint density at radius 2 is 2.16 bits per heavy atom. The van der Waals surface area contributed by atoms with Gasteiger partial charge in [0.1, 0.15) is 0 Å². The number of rotatable bonds is 5. The Kier molecular flexibility index (Phi) is 5.44. The Hall–Kier alpha value is -2.46. The van der Waals surface area contributed by atoms with E-state index in [1.807, 2.05) is 0 Å². The molecule has 0 radical (unpaired) electrons. The zero-order chi connectivity index (χ0) is 14.3. The van der Waals surface area contributed by atoms with Crippen LogP contribution >= 0.6 is 0 Å². The average molecular weight is 264 g/mol. The fourth-order valence-electron chi connectivity index (χ4n) is 1.40. The van der Waals surface area contributed by atoms with Crippen LogP contribution in [0.2, 0.25) is 0 Å². The molecule has 0 saturated carbocycles. The van der Waals surface area contributed by atoms with Crippen molar-refractivity contribution in [3.63, 3.8) is 0 Å². The Balaban J connectivity index is 2.85. The number of aromatic nitrogens is 1. The van der Waals surface area contributed by atoms with Gasteiger partial charge in [0.05, 0.1) is 12.7 Å². The Morgan fingerprint density at radius 1 is 1.53 bits per heavy atom. The molecule has 0 bridgehead atoms. The predicted molar refractivity (Wildman–Crippen MR) is 65.2 cm³/mol. The first-order valence-corrected chi connectivity index (χ1v) is 5.62. The maximum absolute atomic E-state index is 11.3. The van der Waals surface area contributed by atoms with Gasteiger partial charge in [-0.2, -0.15) is 0 Å². The largest absolute Gasteiger partial charge is 0.505 e. The number of esters is 1. The van der Waals surface area contributed by atoms with Gasteiger partial charge in [-0.1, -0.05) is 0 Å². The third-order valence-electron chi connectivity index (χ3n) is 2.32. The van der Waals surface area contributed by atoms with Crippen molar-refractivity contribution < 1.29 is 19.7 Å². The summed E-state index contributed by atoms with van der Waals surface area (Å²) >= 11 is 0. The number of hydrogen-bond donors (Lipinski definition) is 2. The minimum atomic E-state index is -1.05. The minimum absolute atomic E-state index is 0.0814. The van der Waals surface area contributed by atoms with E-state index in [9.17, 15) is 15.0 Å². The van der Waals surface area contributed by atoms with Gasteiger partial charge in [-0.05, 0) is 24.6 Å². The highest BCUT2D eigenvalue weighted by Gasteiger charge is 2.31. The lowest BCUT2D eigenvalue weighted by Gasteiger charge is -2.08. The van der Waals surface area contributed by atoms with Gasteiger partial charge in [-0.15, -0.1) is 0 Å². The number of pyridine rings is 1. The molecule has 0 aliphatic rings. The van der Waals surface area contributed by atoms with E-state index in [4.69, 9.17) is 5.39 Å². The summed E-state index contributed by atoms with van der Waals surface area (Å²) in [6.45, 7) is 1.66. The molecule has 0 aliphatic heterocycles. The van der Waals surface area contributed by atoms with Crippen molar-refractivity contribution in [1.82, 2.24) is 4.98 Å². The third kappa shape index (κ3) is 4.04. The minimum Gasteiger partial charge on any atom is -0.505 e. The zero-order valence-corrected chi connectivity index (χ0v) is 10.4. The van der Waals surface area contributed by atoms with Crippen LogP contribution in [-0.2, 0) is 9.53 Å². The summed E-state index contributed by atoms with van der Waals surface area (Å²) in [5.74, 6) is -1.50. The van der Waals surface area contributed by atoms with Crippen LogP contribution in [0.25, 0.3) is 4.98 Å². The maximum Gasteiger partial charge on any atom is 0.505 e. The van der Waals surface area contributed by atoms with Gasteiger partial charge >= 0.3 is 11.7 Å². The van der Waals surface area contributed by atoms with Crippen LogP contribution in [0.15, 0.2) is 36.0 Å². The molecule has 0 aromatic carbocycles. The smallest absolute Gasteiger partial charge is 0.505 e. The summed E-state index contributed by atoms with van der Waals surface area (Å²) in [4.78, 5) is 17.8. The van der Waals surface area contributed by atoms with E-state index in [-0.39, 0.29) is 13.0 Å². The molecule has 0 aliphatic carbocycles. The van der Waals surface area contributed by atoms with E-state index < -0.39 is 23.5 Å². The van der Waals surface area contributed by atoms with Crippen molar-refractivity contribution in [3.8, 4) is 0 Å². The second-order valence-corrected chi connectivity index (χ2v) is 3.62. The van der Waals surface area contributed by atoms with E-state index in [2.05, 4.69) is 14.7 Å². The van der Waals surface area contributed by atoms with Crippen molar-refractivity contribution in [2.75, 3.05) is 6.61 Å². The molecule has 19 heavy (non-hydrogen) atoms. The van der Waals surface area contributed by atoms with E-state index in [0.717, 1.165) is 0 Å². The van der Waals surface area contributed by atoms with Crippen molar-refractivity contribution in [2.45, 2.75) is 19.4 Å². The van der Waals surface area contributed by atoms with Crippen molar-refractivity contribution in [2.24, 2.45) is 0 Å². The molecule has 1 rings (SSSR count). The van der Waals surface area contributed by atoms with Crippen LogP contribution in [0.5, 0.6) is 0 Å². The molecule has 100 valence electrons. The van der Waals surface area contributed by atoms with Gasteiger partial charge in [0.15, 0.2) is 10.7 Å². The molecular formula is C12H14N3O4+. The third-order valence-corrected chi connectivity index (χ3v) is 2.32. The van der Waals surface area contributed by atoms with Crippen LogP contribution in [0.1, 0.15) is 25.0 Å². The fraction of sp³-hybridized carbons (Fsp3) is 0.333. The van der Waals surface area contributed by atoms with E-state index in [0.29, 0.717) is 5.56 Å². The highest BCUT2D eigenvalue weighted by Crippen LogP contribution is 2.21. The van der Waals surface area contributed by atoms with E-state index in [1.54, 1.807) is 19.1 Å².